The molecule has 0 saturated carbocycles. The van der Waals surface area contributed by atoms with Gasteiger partial charge in [-0.2, -0.15) is 16.4 Å². The molecule has 0 bridgehead atoms. The predicted molar refractivity (Wildman–Crippen MR) is 94.2 cm³/mol. The van der Waals surface area contributed by atoms with E-state index in [1.165, 1.54) is 5.56 Å². The van der Waals surface area contributed by atoms with Gasteiger partial charge in [-0.25, -0.2) is 14.6 Å². The molecule has 8 heteroatoms. The molecule has 4 rings (SSSR count). The van der Waals surface area contributed by atoms with Crippen molar-refractivity contribution in [2.75, 3.05) is 37.7 Å². The minimum Gasteiger partial charge on any atom is -0.394 e. The molecule has 4 heterocycles. The van der Waals surface area contributed by atoms with Crippen molar-refractivity contribution in [3.63, 3.8) is 0 Å². The second-order valence-corrected chi connectivity index (χ2v) is 6.70. The van der Waals surface area contributed by atoms with Gasteiger partial charge in [0.05, 0.1) is 24.7 Å². The first-order valence-corrected chi connectivity index (χ1v) is 9.05. The third-order valence-corrected chi connectivity index (χ3v) is 5.11. The van der Waals surface area contributed by atoms with Crippen LogP contribution in [0, 0.1) is 0 Å². The van der Waals surface area contributed by atoms with E-state index in [9.17, 15) is 0 Å². The van der Waals surface area contributed by atoms with Crippen LogP contribution in [-0.4, -0.2) is 62.5 Å². The maximum atomic E-state index is 9.13. The van der Waals surface area contributed by atoms with E-state index < -0.39 is 0 Å². The Morgan fingerprint density at radius 3 is 2.79 bits per heavy atom. The molecule has 0 aliphatic carbocycles. The van der Waals surface area contributed by atoms with Crippen molar-refractivity contribution < 1.29 is 5.11 Å². The highest BCUT2D eigenvalue weighted by Crippen LogP contribution is 2.24. The molecule has 24 heavy (non-hydrogen) atoms. The van der Waals surface area contributed by atoms with Crippen LogP contribution in [0.15, 0.2) is 29.4 Å². The summed E-state index contributed by atoms with van der Waals surface area (Å²) >= 11 is 1.75. The molecular weight excluding hydrogens is 324 g/mol. The van der Waals surface area contributed by atoms with Crippen LogP contribution in [0.2, 0.25) is 0 Å². The normalized spacial score (nSPS) is 16.1. The number of piperazine rings is 1. The molecule has 0 atom stereocenters. The van der Waals surface area contributed by atoms with Crippen molar-refractivity contribution in [1.82, 2.24) is 24.6 Å². The van der Waals surface area contributed by atoms with Gasteiger partial charge in [-0.3, -0.25) is 4.90 Å². The Hall–Kier alpha value is -2.03. The molecule has 1 aliphatic heterocycles. The molecule has 0 amide bonds. The molecule has 1 N–H and O–H groups in total. The van der Waals surface area contributed by atoms with Gasteiger partial charge in [0.2, 0.25) is 0 Å². The predicted octanol–water partition coefficient (Wildman–Crippen LogP) is 1.20. The lowest BCUT2D eigenvalue weighted by atomic mass is 10.2. The lowest BCUT2D eigenvalue weighted by molar-refractivity contribution is 0.250. The lowest BCUT2D eigenvalue weighted by Crippen LogP contribution is -2.46. The quantitative estimate of drug-likeness (QED) is 0.750. The molecule has 1 fully saturated rings. The van der Waals surface area contributed by atoms with Crippen molar-refractivity contribution in [2.24, 2.45) is 0 Å². The van der Waals surface area contributed by atoms with E-state index in [2.05, 4.69) is 41.7 Å². The Kier molecular flexibility index (Phi) is 4.42. The Morgan fingerprint density at radius 1 is 1.17 bits per heavy atom. The first-order valence-electron chi connectivity index (χ1n) is 8.11. The van der Waals surface area contributed by atoms with Crippen molar-refractivity contribution in [1.29, 1.82) is 0 Å². The van der Waals surface area contributed by atoms with E-state index >= 15 is 0 Å². The number of fused-ring (bicyclic) bond motifs is 1. The summed E-state index contributed by atoms with van der Waals surface area (Å²) in [7, 11) is 0. The molecule has 1 saturated heterocycles. The molecule has 126 valence electrons. The smallest absolute Gasteiger partial charge is 0.163 e. The summed E-state index contributed by atoms with van der Waals surface area (Å²) in [5.41, 5.74) is 2.18. The molecule has 3 aromatic heterocycles. The zero-order chi connectivity index (χ0) is 16.4. The van der Waals surface area contributed by atoms with Gasteiger partial charge in [-0.05, 0) is 22.4 Å². The van der Waals surface area contributed by atoms with Gasteiger partial charge >= 0.3 is 0 Å². The van der Waals surface area contributed by atoms with E-state index in [4.69, 9.17) is 5.11 Å². The maximum absolute atomic E-state index is 9.13. The van der Waals surface area contributed by atoms with E-state index in [0.29, 0.717) is 6.54 Å². The number of hydrogen-bond donors (Lipinski definition) is 1. The summed E-state index contributed by atoms with van der Waals surface area (Å²) < 4.78 is 1.73. The van der Waals surface area contributed by atoms with E-state index in [1.807, 2.05) is 0 Å². The van der Waals surface area contributed by atoms with Crippen molar-refractivity contribution in [3.05, 3.63) is 34.9 Å². The van der Waals surface area contributed by atoms with Gasteiger partial charge in [0.15, 0.2) is 5.65 Å². The van der Waals surface area contributed by atoms with Crippen LogP contribution in [0.1, 0.15) is 5.56 Å². The molecule has 0 unspecified atom stereocenters. The fourth-order valence-corrected chi connectivity index (χ4v) is 3.81. The van der Waals surface area contributed by atoms with Crippen LogP contribution in [-0.2, 0) is 13.1 Å². The third kappa shape index (κ3) is 3.00. The molecule has 7 nitrogen and oxygen atoms in total. The van der Waals surface area contributed by atoms with Gasteiger partial charge in [-0.15, -0.1) is 0 Å². The highest BCUT2D eigenvalue weighted by molar-refractivity contribution is 7.07. The largest absolute Gasteiger partial charge is 0.394 e. The van der Waals surface area contributed by atoms with E-state index in [1.54, 1.807) is 28.5 Å². The first kappa shape index (κ1) is 15.5. The number of hydrogen-bond acceptors (Lipinski definition) is 7. The zero-order valence-corrected chi connectivity index (χ0v) is 14.2. The van der Waals surface area contributed by atoms with Crippen LogP contribution in [0.3, 0.4) is 0 Å². The minimum absolute atomic E-state index is 0.0529. The Morgan fingerprint density at radius 2 is 2.04 bits per heavy atom. The number of aliphatic hydroxyl groups excluding tert-OH is 1. The molecule has 3 aromatic rings. The lowest BCUT2D eigenvalue weighted by Gasteiger charge is -2.35. The van der Waals surface area contributed by atoms with Crippen molar-refractivity contribution in [3.8, 4) is 0 Å². The van der Waals surface area contributed by atoms with E-state index in [0.717, 1.165) is 49.6 Å². The zero-order valence-electron chi connectivity index (χ0n) is 13.4. The fourth-order valence-electron chi connectivity index (χ4n) is 3.15. The highest BCUT2D eigenvalue weighted by atomic mass is 32.1. The molecular formula is C16H20N6OS. The minimum atomic E-state index is 0.0529. The van der Waals surface area contributed by atoms with Crippen LogP contribution >= 0.6 is 11.3 Å². The van der Waals surface area contributed by atoms with E-state index in [-0.39, 0.29) is 6.61 Å². The summed E-state index contributed by atoms with van der Waals surface area (Å²) in [6.07, 6.45) is 3.39. The van der Waals surface area contributed by atoms with Gasteiger partial charge < -0.3 is 10.0 Å². The monoisotopic (exact) mass is 344 g/mol. The maximum Gasteiger partial charge on any atom is 0.163 e. The number of thiophene rings is 1. The SMILES string of the molecule is OCCn1ncc2c(N3CCN(Cc4ccsc4)CC3)ncnc21. The second kappa shape index (κ2) is 6.84. The number of nitrogens with zero attached hydrogens (tertiary/aromatic N) is 6. The average molecular weight is 344 g/mol. The molecule has 0 aromatic carbocycles. The Labute approximate surface area is 144 Å². The van der Waals surface area contributed by atoms with Crippen LogP contribution in [0.25, 0.3) is 11.0 Å². The molecule has 0 radical (unpaired) electrons. The number of anilines is 1. The summed E-state index contributed by atoms with van der Waals surface area (Å²) in [5.74, 6) is 0.944. The summed E-state index contributed by atoms with van der Waals surface area (Å²) in [6, 6.07) is 2.19. The van der Waals surface area contributed by atoms with Crippen molar-refractivity contribution >= 4 is 28.2 Å². The molecule has 1 aliphatic rings. The summed E-state index contributed by atoms with van der Waals surface area (Å²) in [6.45, 7) is 5.46. The number of aromatic nitrogens is 4. The molecule has 0 spiro atoms. The Bertz CT molecular complexity index is 794. The standard InChI is InChI=1S/C16H20N6OS/c23-7-6-22-16-14(9-19-22)15(17-12-18-16)21-4-2-20(3-5-21)10-13-1-8-24-11-13/h1,8-9,11-12,23H,2-7,10H2. The third-order valence-electron chi connectivity index (χ3n) is 4.38. The van der Waals surface area contributed by atoms with Crippen molar-refractivity contribution in [2.45, 2.75) is 13.1 Å². The Balaban J connectivity index is 1.48. The number of rotatable bonds is 5. The fraction of sp³-hybridized carbons (Fsp3) is 0.438. The highest BCUT2D eigenvalue weighted by Gasteiger charge is 2.21. The summed E-state index contributed by atoms with van der Waals surface area (Å²) in [5, 5.41) is 18.8. The van der Waals surface area contributed by atoms with Gasteiger partial charge in [0.1, 0.15) is 12.1 Å². The van der Waals surface area contributed by atoms with Gasteiger partial charge in [-0.1, -0.05) is 0 Å². The topological polar surface area (TPSA) is 70.3 Å². The number of aliphatic hydroxyl groups is 1. The van der Waals surface area contributed by atoms with Gasteiger partial charge in [0, 0.05) is 32.7 Å². The van der Waals surface area contributed by atoms with Crippen LogP contribution in [0.5, 0.6) is 0 Å². The summed E-state index contributed by atoms with van der Waals surface area (Å²) in [4.78, 5) is 13.6. The van der Waals surface area contributed by atoms with Gasteiger partial charge in [0.25, 0.3) is 0 Å². The van der Waals surface area contributed by atoms with Crippen LogP contribution < -0.4 is 4.90 Å². The first-order chi connectivity index (χ1) is 11.8. The average Bonchev–Trinajstić information content (AvgIpc) is 3.26. The second-order valence-electron chi connectivity index (χ2n) is 5.92. The van der Waals surface area contributed by atoms with Crippen LogP contribution in [0.4, 0.5) is 5.82 Å².